The maximum Gasteiger partial charge on any atom is 0.217 e. The molecule has 0 unspecified atom stereocenters. The Kier molecular flexibility index (Phi) is 6.80. The first-order valence-electron chi connectivity index (χ1n) is 13.9. The van der Waals surface area contributed by atoms with Gasteiger partial charge in [-0.25, -0.2) is 0 Å². The smallest absolute Gasteiger partial charge is 0.217 e. The van der Waals surface area contributed by atoms with Crippen molar-refractivity contribution >= 4 is 11.5 Å². The summed E-state index contributed by atoms with van der Waals surface area (Å²) in [5.74, 6) is 0.459. The molecule has 2 aromatic rings. The van der Waals surface area contributed by atoms with Crippen molar-refractivity contribution in [3.63, 3.8) is 0 Å². The van der Waals surface area contributed by atoms with Gasteiger partial charge in [0.05, 0.1) is 0 Å². The Morgan fingerprint density at radius 1 is 1.15 bits per heavy atom. The third kappa shape index (κ3) is 4.22. The molecule has 5 rings (SSSR count). The number of nitrogens with two attached hydrogens (primary N) is 1. The van der Waals surface area contributed by atoms with Crippen LogP contribution in [-0.4, -0.2) is 16.6 Å². The van der Waals surface area contributed by atoms with Gasteiger partial charge in [-0.2, -0.15) is 0 Å². The number of benzene rings is 2. The van der Waals surface area contributed by atoms with Gasteiger partial charge in [-0.3, -0.25) is 4.79 Å². The van der Waals surface area contributed by atoms with Gasteiger partial charge in [0, 0.05) is 25.1 Å². The van der Waals surface area contributed by atoms with Gasteiger partial charge in [0.15, 0.2) is 0 Å². The van der Waals surface area contributed by atoms with Crippen LogP contribution in [0.15, 0.2) is 90.2 Å². The minimum Gasteiger partial charge on any atom is -0.399 e. The van der Waals surface area contributed by atoms with Crippen LogP contribution in [0.5, 0.6) is 0 Å². The first-order valence-corrected chi connectivity index (χ1v) is 13.9. The van der Waals surface area contributed by atoms with Crippen molar-refractivity contribution in [3.05, 3.63) is 112 Å². The molecule has 0 radical (unpaired) electrons. The fraction of sp³-hybridized carbons (Fsp3) is 0.343. The van der Waals surface area contributed by atoms with E-state index in [4.69, 9.17) is 5.73 Å². The highest BCUT2D eigenvalue weighted by molar-refractivity contribution is 5.89. The first kappa shape index (κ1) is 27.0. The summed E-state index contributed by atoms with van der Waals surface area (Å²) < 4.78 is 0. The van der Waals surface area contributed by atoms with E-state index < -0.39 is 5.60 Å². The van der Waals surface area contributed by atoms with Crippen LogP contribution in [0.3, 0.4) is 0 Å². The SMILES string of the molecule is C=C(N)C1=C[C@@H](CC)[C@@H]2C[C@@H]3Cc4c(-c5ccc(CNC(C)=O)cc5)ccc(C)c4C(=C)C3=C(C)[C@]2(O)C1=C. The van der Waals surface area contributed by atoms with Crippen molar-refractivity contribution in [2.45, 2.75) is 59.1 Å². The molecule has 0 saturated heterocycles. The van der Waals surface area contributed by atoms with Crippen molar-refractivity contribution in [1.29, 1.82) is 0 Å². The summed E-state index contributed by atoms with van der Waals surface area (Å²) in [6.45, 7) is 21.4. The molecule has 0 aromatic heterocycles. The Morgan fingerprint density at radius 2 is 1.85 bits per heavy atom. The number of aliphatic hydroxyl groups is 1. The zero-order valence-electron chi connectivity index (χ0n) is 23.7. The molecule has 4 nitrogen and oxygen atoms in total. The Bertz CT molecular complexity index is 1470. The zero-order valence-corrected chi connectivity index (χ0v) is 23.7. The lowest BCUT2D eigenvalue weighted by molar-refractivity contribution is -0.119. The third-order valence-electron chi connectivity index (χ3n) is 9.36. The van der Waals surface area contributed by atoms with E-state index >= 15 is 0 Å². The molecule has 3 aliphatic rings. The molecule has 4 heteroatoms. The normalized spacial score (nSPS) is 25.9. The predicted octanol–water partition coefficient (Wildman–Crippen LogP) is 6.55. The molecule has 2 aromatic carbocycles. The topological polar surface area (TPSA) is 75.3 Å². The maximum absolute atomic E-state index is 12.4. The van der Waals surface area contributed by atoms with Gasteiger partial charge in [0.25, 0.3) is 0 Å². The molecule has 4 N–H and O–H groups in total. The van der Waals surface area contributed by atoms with E-state index in [0.717, 1.165) is 47.1 Å². The average molecular weight is 521 g/mol. The van der Waals surface area contributed by atoms with E-state index in [1.54, 1.807) is 0 Å². The quantitative estimate of drug-likeness (QED) is 0.419. The molecule has 0 spiro atoms. The lowest BCUT2D eigenvalue weighted by atomic mass is 9.54. The van der Waals surface area contributed by atoms with Gasteiger partial charge in [0.2, 0.25) is 5.91 Å². The lowest BCUT2D eigenvalue weighted by Crippen LogP contribution is -2.52. The first-order chi connectivity index (χ1) is 18.5. The van der Waals surface area contributed by atoms with Gasteiger partial charge in [-0.1, -0.05) is 69.1 Å². The fourth-order valence-corrected chi connectivity index (χ4v) is 7.39. The van der Waals surface area contributed by atoms with Crippen LogP contribution in [-0.2, 0) is 17.8 Å². The second kappa shape index (κ2) is 9.84. The van der Waals surface area contributed by atoms with Crippen LogP contribution in [0.2, 0.25) is 0 Å². The maximum atomic E-state index is 12.4. The molecule has 0 saturated carbocycles. The number of carbonyl (C=O) groups is 1. The highest BCUT2D eigenvalue weighted by Crippen LogP contribution is 2.58. The summed E-state index contributed by atoms with van der Waals surface area (Å²) in [7, 11) is 0. The standard InChI is InChI=1S/C35H40N2O2/c1-8-26-15-30(23(6)36)21(4)35(39)22(5)34-20(3)33-19(2)9-14-29(31(33)16-28(34)17-32(26)35)27-12-10-25(11-13-27)18-37-24(7)38/h9-15,26,28,32,39H,3-4,6,8,16-18,36H2,1-2,5,7H3,(H,37,38)/t26-,28+,32+,35-/m1/s1. The molecule has 0 heterocycles. The van der Waals surface area contributed by atoms with Crippen molar-refractivity contribution in [2.75, 3.05) is 0 Å². The molecule has 39 heavy (non-hydrogen) atoms. The fourth-order valence-electron chi connectivity index (χ4n) is 7.39. The number of amides is 1. The minimum atomic E-state index is -1.16. The van der Waals surface area contributed by atoms with Gasteiger partial charge in [0.1, 0.15) is 5.60 Å². The van der Waals surface area contributed by atoms with E-state index in [0.29, 0.717) is 17.8 Å². The highest BCUT2D eigenvalue weighted by atomic mass is 16.3. The van der Waals surface area contributed by atoms with Crippen molar-refractivity contribution in [2.24, 2.45) is 23.5 Å². The Hall–Kier alpha value is -3.63. The number of fused-ring (bicyclic) bond motifs is 3. The molecule has 0 bridgehead atoms. The summed E-state index contributed by atoms with van der Waals surface area (Å²) in [5, 5.41) is 15.3. The molecule has 4 atom stereocenters. The molecule has 202 valence electrons. The van der Waals surface area contributed by atoms with E-state index in [2.05, 4.69) is 88.3 Å². The van der Waals surface area contributed by atoms with E-state index in [9.17, 15) is 9.90 Å². The second-order valence-electron chi connectivity index (χ2n) is 11.6. The van der Waals surface area contributed by atoms with Crippen molar-refractivity contribution in [3.8, 4) is 11.1 Å². The Morgan fingerprint density at radius 3 is 2.46 bits per heavy atom. The molecular weight excluding hydrogens is 480 g/mol. The number of hydrogen-bond acceptors (Lipinski definition) is 3. The highest BCUT2D eigenvalue weighted by Gasteiger charge is 2.53. The number of rotatable bonds is 5. The van der Waals surface area contributed by atoms with Crippen molar-refractivity contribution < 1.29 is 9.90 Å². The van der Waals surface area contributed by atoms with E-state index in [1.165, 1.54) is 34.8 Å². The van der Waals surface area contributed by atoms with Crippen LogP contribution in [0.1, 0.15) is 55.9 Å². The van der Waals surface area contributed by atoms with Gasteiger partial charge in [-0.05, 0) is 106 Å². The molecule has 0 fully saturated rings. The van der Waals surface area contributed by atoms with Crippen LogP contribution in [0.4, 0.5) is 0 Å². The predicted molar refractivity (Wildman–Crippen MR) is 160 cm³/mol. The lowest BCUT2D eigenvalue weighted by Gasteiger charge is -2.53. The number of aryl methyl sites for hydroxylation is 1. The molecule has 3 aliphatic carbocycles. The number of hydrogen-bond donors (Lipinski definition) is 3. The molecule has 1 amide bonds. The van der Waals surface area contributed by atoms with Crippen LogP contribution >= 0.6 is 0 Å². The monoisotopic (exact) mass is 520 g/mol. The number of carbonyl (C=O) groups excluding carboxylic acids is 1. The third-order valence-corrected chi connectivity index (χ3v) is 9.36. The van der Waals surface area contributed by atoms with Crippen LogP contribution < -0.4 is 11.1 Å². The van der Waals surface area contributed by atoms with Gasteiger partial charge < -0.3 is 16.2 Å². The van der Waals surface area contributed by atoms with Gasteiger partial charge in [-0.15, -0.1) is 0 Å². The molecule has 0 aliphatic heterocycles. The van der Waals surface area contributed by atoms with E-state index in [1.807, 2.05) is 0 Å². The zero-order chi connectivity index (χ0) is 28.2. The Labute approximate surface area is 232 Å². The second-order valence-corrected chi connectivity index (χ2v) is 11.6. The largest absolute Gasteiger partial charge is 0.399 e. The Balaban J connectivity index is 1.60. The summed E-state index contributed by atoms with van der Waals surface area (Å²) in [6, 6.07) is 12.9. The summed E-state index contributed by atoms with van der Waals surface area (Å²) in [5.41, 5.74) is 17.2. The van der Waals surface area contributed by atoms with Gasteiger partial charge >= 0.3 is 0 Å². The minimum absolute atomic E-state index is 0.0301. The summed E-state index contributed by atoms with van der Waals surface area (Å²) in [4.78, 5) is 11.3. The summed E-state index contributed by atoms with van der Waals surface area (Å²) in [6.07, 6.45) is 4.87. The van der Waals surface area contributed by atoms with Crippen LogP contribution in [0.25, 0.3) is 16.7 Å². The van der Waals surface area contributed by atoms with E-state index in [-0.39, 0.29) is 23.7 Å². The molecular formula is C35H40N2O2. The number of nitrogens with one attached hydrogen (secondary N) is 1. The van der Waals surface area contributed by atoms with Crippen molar-refractivity contribution in [1.82, 2.24) is 5.32 Å². The summed E-state index contributed by atoms with van der Waals surface area (Å²) >= 11 is 0. The number of allylic oxidation sites excluding steroid dienone is 4. The van der Waals surface area contributed by atoms with Crippen LogP contribution in [0, 0.1) is 24.7 Å². The average Bonchev–Trinajstić information content (AvgIpc) is 2.89.